The number of hydrogen-bond acceptors (Lipinski definition) is 2. The number of anilines is 1. The molecule has 2 rings (SSSR count). The number of carbonyl (C=O) groups is 2. The van der Waals surface area contributed by atoms with Crippen molar-refractivity contribution in [1.29, 1.82) is 0 Å². The summed E-state index contributed by atoms with van der Waals surface area (Å²) in [7, 11) is 0. The van der Waals surface area contributed by atoms with Crippen molar-refractivity contribution in [3.63, 3.8) is 0 Å². The van der Waals surface area contributed by atoms with Gasteiger partial charge >= 0.3 is 6.03 Å². The SMILES string of the molecule is CCCC(NC(=O)NCc1ccc(F)cc1)C(=O)Nc1cccc(C)c1C. The first kappa shape index (κ1) is 20.4. The van der Waals surface area contributed by atoms with Crippen LogP contribution < -0.4 is 16.0 Å². The molecule has 0 aliphatic carbocycles. The summed E-state index contributed by atoms with van der Waals surface area (Å²) in [6.07, 6.45) is 1.28. The third-order valence-electron chi connectivity index (χ3n) is 4.43. The average molecular weight is 371 g/mol. The summed E-state index contributed by atoms with van der Waals surface area (Å²) < 4.78 is 12.9. The molecule has 3 N–H and O–H groups in total. The first-order valence-corrected chi connectivity index (χ1v) is 9.06. The van der Waals surface area contributed by atoms with E-state index in [1.165, 1.54) is 12.1 Å². The summed E-state index contributed by atoms with van der Waals surface area (Å²) in [5, 5.41) is 8.31. The van der Waals surface area contributed by atoms with Gasteiger partial charge in [0.25, 0.3) is 0 Å². The molecule has 5 nitrogen and oxygen atoms in total. The van der Waals surface area contributed by atoms with Crippen LogP contribution in [0.2, 0.25) is 0 Å². The first-order valence-electron chi connectivity index (χ1n) is 9.06. The van der Waals surface area contributed by atoms with Gasteiger partial charge in [-0.3, -0.25) is 4.79 Å². The number of carbonyl (C=O) groups excluding carboxylic acids is 2. The van der Waals surface area contributed by atoms with Gasteiger partial charge in [0.1, 0.15) is 11.9 Å². The smallest absolute Gasteiger partial charge is 0.315 e. The van der Waals surface area contributed by atoms with Crippen molar-refractivity contribution in [2.45, 2.75) is 46.2 Å². The lowest BCUT2D eigenvalue weighted by atomic mass is 10.1. The highest BCUT2D eigenvalue weighted by molar-refractivity contribution is 5.97. The molecule has 1 atom stereocenters. The Balaban J connectivity index is 1.94. The molecular formula is C21H26FN3O2. The highest BCUT2D eigenvalue weighted by Crippen LogP contribution is 2.18. The molecule has 0 spiro atoms. The van der Waals surface area contributed by atoms with Gasteiger partial charge in [-0.1, -0.05) is 37.6 Å². The number of halogens is 1. The zero-order chi connectivity index (χ0) is 19.8. The lowest BCUT2D eigenvalue weighted by Crippen LogP contribution is -2.47. The molecule has 27 heavy (non-hydrogen) atoms. The fraction of sp³-hybridized carbons (Fsp3) is 0.333. The minimum absolute atomic E-state index is 0.248. The second kappa shape index (κ2) is 9.71. The summed E-state index contributed by atoms with van der Waals surface area (Å²) >= 11 is 0. The third-order valence-corrected chi connectivity index (χ3v) is 4.43. The molecule has 6 heteroatoms. The van der Waals surface area contributed by atoms with E-state index in [2.05, 4.69) is 16.0 Å². The van der Waals surface area contributed by atoms with E-state index in [0.717, 1.165) is 28.8 Å². The normalized spacial score (nSPS) is 11.6. The van der Waals surface area contributed by atoms with E-state index >= 15 is 0 Å². The van der Waals surface area contributed by atoms with Crippen LogP contribution in [0.4, 0.5) is 14.9 Å². The second-order valence-electron chi connectivity index (χ2n) is 6.53. The molecule has 0 aromatic heterocycles. The molecule has 0 saturated carbocycles. The van der Waals surface area contributed by atoms with Crippen LogP contribution >= 0.6 is 0 Å². The highest BCUT2D eigenvalue weighted by Gasteiger charge is 2.20. The Morgan fingerprint density at radius 2 is 1.78 bits per heavy atom. The Morgan fingerprint density at radius 1 is 1.07 bits per heavy atom. The van der Waals surface area contributed by atoms with Crippen molar-refractivity contribution < 1.29 is 14.0 Å². The molecule has 0 fully saturated rings. The summed E-state index contributed by atoms with van der Waals surface area (Å²) in [6, 6.07) is 10.5. The van der Waals surface area contributed by atoms with E-state index in [9.17, 15) is 14.0 Å². The number of benzene rings is 2. The maximum Gasteiger partial charge on any atom is 0.315 e. The van der Waals surface area contributed by atoms with E-state index in [4.69, 9.17) is 0 Å². The first-order chi connectivity index (χ1) is 12.9. The fourth-order valence-electron chi connectivity index (χ4n) is 2.66. The number of aryl methyl sites for hydroxylation is 1. The number of rotatable bonds is 7. The lowest BCUT2D eigenvalue weighted by molar-refractivity contribution is -0.118. The predicted octanol–water partition coefficient (Wildman–Crippen LogP) is 4.05. The highest BCUT2D eigenvalue weighted by atomic mass is 19.1. The standard InChI is InChI=1S/C21H26FN3O2/c1-4-6-19(20(26)24-18-8-5-7-14(2)15(18)3)25-21(27)23-13-16-9-11-17(22)12-10-16/h5,7-12,19H,4,6,13H2,1-3H3,(H,24,26)(H2,23,25,27). The van der Waals surface area contributed by atoms with Crippen molar-refractivity contribution in [2.75, 3.05) is 5.32 Å². The molecule has 144 valence electrons. The quantitative estimate of drug-likeness (QED) is 0.687. The summed E-state index contributed by atoms with van der Waals surface area (Å²) in [4.78, 5) is 24.8. The van der Waals surface area contributed by atoms with Crippen molar-refractivity contribution in [1.82, 2.24) is 10.6 Å². The van der Waals surface area contributed by atoms with Gasteiger partial charge in [0, 0.05) is 12.2 Å². The minimum Gasteiger partial charge on any atom is -0.334 e. The third kappa shape index (κ3) is 6.09. The van der Waals surface area contributed by atoms with E-state index in [1.54, 1.807) is 12.1 Å². The monoisotopic (exact) mass is 371 g/mol. The maximum atomic E-state index is 12.9. The Hall–Kier alpha value is -2.89. The Morgan fingerprint density at radius 3 is 2.44 bits per heavy atom. The van der Waals surface area contributed by atoms with Gasteiger partial charge in [0.15, 0.2) is 0 Å². The van der Waals surface area contributed by atoms with E-state index in [1.807, 2.05) is 39.0 Å². The van der Waals surface area contributed by atoms with Crippen molar-refractivity contribution in [3.8, 4) is 0 Å². The molecule has 2 aromatic carbocycles. The largest absolute Gasteiger partial charge is 0.334 e. The van der Waals surface area contributed by atoms with E-state index < -0.39 is 12.1 Å². The summed E-state index contributed by atoms with van der Waals surface area (Å²) in [6.45, 7) is 6.14. The van der Waals surface area contributed by atoms with Crippen LogP contribution in [-0.4, -0.2) is 18.0 Å². The van der Waals surface area contributed by atoms with Gasteiger partial charge in [-0.15, -0.1) is 0 Å². The zero-order valence-electron chi connectivity index (χ0n) is 15.9. The lowest BCUT2D eigenvalue weighted by Gasteiger charge is -2.19. The molecule has 0 radical (unpaired) electrons. The topological polar surface area (TPSA) is 70.2 Å². The Kier molecular flexibility index (Phi) is 7.34. The van der Waals surface area contributed by atoms with Gasteiger partial charge in [-0.2, -0.15) is 0 Å². The Labute approximate surface area is 159 Å². The zero-order valence-corrected chi connectivity index (χ0v) is 15.9. The van der Waals surface area contributed by atoms with Crippen LogP contribution in [0.5, 0.6) is 0 Å². The minimum atomic E-state index is -0.636. The predicted molar refractivity (Wildman–Crippen MR) is 105 cm³/mol. The number of amides is 3. The van der Waals surface area contributed by atoms with Crippen molar-refractivity contribution in [2.24, 2.45) is 0 Å². The summed E-state index contributed by atoms with van der Waals surface area (Å²) in [5.74, 6) is -0.572. The number of urea groups is 1. The maximum absolute atomic E-state index is 12.9. The summed E-state index contributed by atoms with van der Waals surface area (Å²) in [5.41, 5.74) is 3.61. The number of nitrogens with one attached hydrogen (secondary N) is 3. The van der Waals surface area contributed by atoms with Crippen molar-refractivity contribution in [3.05, 3.63) is 65.0 Å². The second-order valence-corrected chi connectivity index (χ2v) is 6.53. The molecule has 0 heterocycles. The van der Waals surface area contributed by atoms with Crippen LogP contribution in [0.1, 0.15) is 36.5 Å². The average Bonchev–Trinajstić information content (AvgIpc) is 2.64. The van der Waals surface area contributed by atoms with Gasteiger partial charge in [0.2, 0.25) is 5.91 Å². The molecule has 0 aliphatic rings. The van der Waals surface area contributed by atoms with Gasteiger partial charge < -0.3 is 16.0 Å². The Bertz CT molecular complexity index is 791. The molecule has 0 bridgehead atoms. The number of hydrogen-bond donors (Lipinski definition) is 3. The molecule has 3 amide bonds. The molecular weight excluding hydrogens is 345 g/mol. The molecule has 0 aliphatic heterocycles. The van der Waals surface area contributed by atoms with Gasteiger partial charge in [-0.05, 0) is 55.2 Å². The molecule has 0 saturated heterocycles. The fourth-order valence-corrected chi connectivity index (χ4v) is 2.66. The van der Waals surface area contributed by atoms with Crippen molar-refractivity contribution >= 4 is 17.6 Å². The van der Waals surface area contributed by atoms with E-state index in [-0.39, 0.29) is 18.3 Å². The van der Waals surface area contributed by atoms with Crippen LogP contribution in [0.3, 0.4) is 0 Å². The van der Waals surface area contributed by atoms with Gasteiger partial charge in [0.05, 0.1) is 0 Å². The molecule has 2 aromatic rings. The van der Waals surface area contributed by atoms with Crippen LogP contribution in [0.15, 0.2) is 42.5 Å². The van der Waals surface area contributed by atoms with Crippen LogP contribution in [-0.2, 0) is 11.3 Å². The van der Waals surface area contributed by atoms with Crippen LogP contribution in [0, 0.1) is 19.7 Å². The van der Waals surface area contributed by atoms with Gasteiger partial charge in [-0.25, -0.2) is 9.18 Å². The van der Waals surface area contributed by atoms with Crippen LogP contribution in [0.25, 0.3) is 0 Å². The molecule has 1 unspecified atom stereocenters. The van der Waals surface area contributed by atoms with E-state index in [0.29, 0.717) is 6.42 Å².